The number of ether oxygens (including phenoxy) is 2. The molecule has 2 aromatic heterocycles. The van der Waals surface area contributed by atoms with Crippen LogP contribution in [0.25, 0.3) is 22.4 Å². The summed E-state index contributed by atoms with van der Waals surface area (Å²) in [6, 6.07) is 10.2. The first-order valence-electron chi connectivity index (χ1n) is 9.84. The van der Waals surface area contributed by atoms with E-state index in [4.69, 9.17) is 9.47 Å². The average Bonchev–Trinajstić information content (AvgIpc) is 3.41. The third-order valence-electron chi connectivity index (χ3n) is 5.45. The van der Waals surface area contributed by atoms with Gasteiger partial charge in [0.25, 0.3) is 0 Å². The SMILES string of the molecule is COc1c(C#N)ccc2[nH]c(-c3nc4n(n3)CCOC4c3cccc(F)c3C(F)(F)F)cc12. The maximum atomic E-state index is 14.1. The topological polar surface area (TPSA) is 88.8 Å². The first-order valence-corrected chi connectivity index (χ1v) is 9.84. The summed E-state index contributed by atoms with van der Waals surface area (Å²) < 4.78 is 67.3. The molecule has 0 amide bonds. The van der Waals surface area contributed by atoms with Crippen molar-refractivity contribution in [3.63, 3.8) is 0 Å². The van der Waals surface area contributed by atoms with Gasteiger partial charge in [0.15, 0.2) is 11.6 Å². The van der Waals surface area contributed by atoms with Crippen LogP contribution in [0.4, 0.5) is 17.6 Å². The van der Waals surface area contributed by atoms with Gasteiger partial charge in [-0.05, 0) is 24.3 Å². The van der Waals surface area contributed by atoms with E-state index in [1.807, 2.05) is 0 Å². The molecule has 1 unspecified atom stereocenters. The normalized spacial score (nSPS) is 15.9. The van der Waals surface area contributed by atoms with E-state index in [1.54, 1.807) is 18.2 Å². The van der Waals surface area contributed by atoms with Gasteiger partial charge in [-0.1, -0.05) is 12.1 Å². The Bertz CT molecular complexity index is 1420. The van der Waals surface area contributed by atoms with Gasteiger partial charge in [0.2, 0.25) is 0 Å². The van der Waals surface area contributed by atoms with Crippen LogP contribution in [0.3, 0.4) is 0 Å². The van der Waals surface area contributed by atoms with Gasteiger partial charge in [0.1, 0.15) is 23.7 Å². The molecule has 0 fully saturated rings. The van der Waals surface area contributed by atoms with E-state index >= 15 is 0 Å². The zero-order valence-corrected chi connectivity index (χ0v) is 17.1. The van der Waals surface area contributed by atoms with Gasteiger partial charge in [-0.25, -0.2) is 14.1 Å². The molecule has 0 spiro atoms. The largest absolute Gasteiger partial charge is 0.495 e. The third kappa shape index (κ3) is 3.39. The molecule has 0 bridgehead atoms. The fourth-order valence-electron chi connectivity index (χ4n) is 4.05. The number of hydrogen-bond donors (Lipinski definition) is 1. The number of nitrogens with one attached hydrogen (secondary N) is 1. The average molecular weight is 457 g/mol. The number of hydrogen-bond acceptors (Lipinski definition) is 5. The van der Waals surface area contributed by atoms with Gasteiger partial charge < -0.3 is 14.5 Å². The molecule has 0 aliphatic carbocycles. The van der Waals surface area contributed by atoms with Crippen LogP contribution in [-0.4, -0.2) is 33.5 Å². The van der Waals surface area contributed by atoms with Crippen LogP contribution in [0, 0.1) is 17.1 Å². The van der Waals surface area contributed by atoms with Crippen molar-refractivity contribution in [1.29, 1.82) is 5.26 Å². The molecule has 4 aromatic rings. The van der Waals surface area contributed by atoms with Gasteiger partial charge in [-0.2, -0.15) is 18.4 Å². The Labute approximate surface area is 184 Å². The number of aromatic amines is 1. The van der Waals surface area contributed by atoms with Crippen molar-refractivity contribution in [3.8, 4) is 23.3 Å². The lowest BCUT2D eigenvalue weighted by Crippen LogP contribution is -2.26. The molecule has 7 nitrogen and oxygen atoms in total. The van der Waals surface area contributed by atoms with Crippen molar-refractivity contribution in [2.24, 2.45) is 0 Å². The number of methoxy groups -OCH3 is 1. The van der Waals surface area contributed by atoms with E-state index in [2.05, 4.69) is 21.1 Å². The molecule has 0 saturated heterocycles. The maximum Gasteiger partial charge on any atom is 0.419 e. The summed E-state index contributed by atoms with van der Waals surface area (Å²) in [5.74, 6) is -0.633. The number of aromatic nitrogens is 4. The highest BCUT2D eigenvalue weighted by atomic mass is 19.4. The molecule has 2 aromatic carbocycles. The van der Waals surface area contributed by atoms with Crippen LogP contribution in [0.15, 0.2) is 36.4 Å². The lowest BCUT2D eigenvalue weighted by molar-refractivity contribution is -0.142. The highest BCUT2D eigenvalue weighted by Gasteiger charge is 2.41. The van der Waals surface area contributed by atoms with E-state index in [0.29, 0.717) is 27.9 Å². The fourth-order valence-corrected chi connectivity index (χ4v) is 4.05. The van der Waals surface area contributed by atoms with Crippen LogP contribution in [0.1, 0.15) is 28.6 Å². The highest BCUT2D eigenvalue weighted by Crippen LogP contribution is 2.40. The molecular weight excluding hydrogens is 442 g/mol. The smallest absolute Gasteiger partial charge is 0.419 e. The van der Waals surface area contributed by atoms with E-state index in [-0.39, 0.29) is 30.4 Å². The molecule has 1 N–H and O–H groups in total. The van der Waals surface area contributed by atoms with Gasteiger partial charge in [-0.15, -0.1) is 5.10 Å². The van der Waals surface area contributed by atoms with Gasteiger partial charge >= 0.3 is 6.18 Å². The summed E-state index contributed by atoms with van der Waals surface area (Å²) >= 11 is 0. The Balaban J connectivity index is 1.62. The standard InChI is InChI=1S/C22H15F4N5O2/c1-32-18-11(10-27)5-6-15-13(18)9-16(28-15)20-29-21-19(33-8-7-31(21)30-20)12-3-2-4-14(23)17(12)22(24,25)26/h2-6,9,19,28H,7-8H2,1H3. The number of alkyl halides is 3. The number of H-pyrrole nitrogens is 1. The lowest BCUT2D eigenvalue weighted by Gasteiger charge is -2.25. The quantitative estimate of drug-likeness (QED) is 0.455. The van der Waals surface area contributed by atoms with Gasteiger partial charge in [0.05, 0.1) is 37.1 Å². The van der Waals surface area contributed by atoms with Crippen molar-refractivity contribution in [2.45, 2.75) is 18.8 Å². The van der Waals surface area contributed by atoms with Gasteiger partial charge in [0, 0.05) is 16.5 Å². The first kappa shape index (κ1) is 21.0. The predicted molar refractivity (Wildman–Crippen MR) is 108 cm³/mol. The Morgan fingerprint density at radius 1 is 1.27 bits per heavy atom. The molecule has 168 valence electrons. The third-order valence-corrected chi connectivity index (χ3v) is 5.45. The second-order valence-corrected chi connectivity index (χ2v) is 7.37. The highest BCUT2D eigenvalue weighted by molar-refractivity contribution is 5.92. The summed E-state index contributed by atoms with van der Waals surface area (Å²) in [6.45, 7) is 0.359. The minimum Gasteiger partial charge on any atom is -0.495 e. The van der Waals surface area contributed by atoms with Crippen molar-refractivity contribution >= 4 is 10.9 Å². The van der Waals surface area contributed by atoms with Crippen molar-refractivity contribution in [3.05, 3.63) is 64.7 Å². The van der Waals surface area contributed by atoms with Crippen molar-refractivity contribution in [1.82, 2.24) is 19.7 Å². The van der Waals surface area contributed by atoms with Crippen LogP contribution < -0.4 is 4.74 Å². The fraction of sp³-hybridized carbons (Fsp3) is 0.227. The Hall–Kier alpha value is -3.91. The minimum atomic E-state index is -4.90. The number of benzene rings is 2. The molecular formula is C22H15F4N5O2. The van der Waals surface area contributed by atoms with Crippen LogP contribution >= 0.6 is 0 Å². The summed E-state index contributed by atoms with van der Waals surface area (Å²) in [4.78, 5) is 7.56. The molecule has 3 heterocycles. The maximum absolute atomic E-state index is 14.1. The molecule has 5 rings (SSSR count). The minimum absolute atomic E-state index is 0.0837. The Morgan fingerprint density at radius 2 is 2.09 bits per heavy atom. The summed E-state index contributed by atoms with van der Waals surface area (Å²) in [5, 5.41) is 14.3. The number of nitrogens with zero attached hydrogens (tertiary/aromatic N) is 4. The van der Waals surface area contributed by atoms with Crippen LogP contribution in [-0.2, 0) is 17.5 Å². The molecule has 33 heavy (non-hydrogen) atoms. The second-order valence-electron chi connectivity index (χ2n) is 7.37. The van der Waals surface area contributed by atoms with E-state index in [9.17, 15) is 22.8 Å². The molecule has 1 atom stereocenters. The zero-order chi connectivity index (χ0) is 23.3. The van der Waals surface area contributed by atoms with Crippen LogP contribution in [0.2, 0.25) is 0 Å². The monoisotopic (exact) mass is 457 g/mol. The number of nitriles is 1. The molecule has 0 saturated carbocycles. The van der Waals surface area contributed by atoms with Gasteiger partial charge in [-0.3, -0.25) is 0 Å². The lowest BCUT2D eigenvalue weighted by atomic mass is 10.00. The van der Waals surface area contributed by atoms with E-state index < -0.39 is 23.7 Å². The molecule has 11 heteroatoms. The number of fused-ring (bicyclic) bond motifs is 2. The van der Waals surface area contributed by atoms with E-state index in [1.165, 1.54) is 23.9 Å². The zero-order valence-electron chi connectivity index (χ0n) is 17.1. The first-order chi connectivity index (χ1) is 15.8. The number of halogens is 4. The summed E-state index contributed by atoms with van der Waals surface area (Å²) in [7, 11) is 1.45. The second kappa shape index (κ2) is 7.60. The van der Waals surface area contributed by atoms with Crippen LogP contribution in [0.5, 0.6) is 5.75 Å². The molecule has 1 aliphatic heterocycles. The Kier molecular flexibility index (Phi) is 4.83. The summed E-state index contributed by atoms with van der Waals surface area (Å²) in [6.07, 6.45) is -6.14. The van der Waals surface area contributed by atoms with Crippen molar-refractivity contribution < 1.29 is 27.0 Å². The molecule has 0 radical (unpaired) electrons. The van der Waals surface area contributed by atoms with Crippen molar-refractivity contribution in [2.75, 3.05) is 13.7 Å². The van der Waals surface area contributed by atoms with E-state index in [0.717, 1.165) is 6.07 Å². The Morgan fingerprint density at radius 3 is 2.82 bits per heavy atom. The number of rotatable bonds is 3. The predicted octanol–water partition coefficient (Wildman–Crippen LogP) is 4.58. The summed E-state index contributed by atoms with van der Waals surface area (Å²) in [5.41, 5.74) is -0.237. The molecule has 1 aliphatic rings.